The summed E-state index contributed by atoms with van der Waals surface area (Å²) in [7, 11) is 0. The van der Waals surface area contributed by atoms with Crippen LogP contribution in [0, 0.1) is 19.8 Å². The summed E-state index contributed by atoms with van der Waals surface area (Å²) in [6.45, 7) is 17.6. The first-order valence-corrected chi connectivity index (χ1v) is 10.1. The van der Waals surface area contributed by atoms with Crippen LogP contribution >= 0.6 is 0 Å². The lowest BCUT2D eigenvalue weighted by molar-refractivity contribution is 0.0636. The van der Waals surface area contributed by atoms with Crippen LogP contribution in [0.5, 0.6) is 0 Å². The normalized spacial score (nSPS) is 20.0. The number of aryl methyl sites for hydroxylation is 2. The van der Waals surface area contributed by atoms with Gasteiger partial charge in [-0.25, -0.2) is 0 Å². The molecule has 0 radical (unpaired) electrons. The molecule has 1 atom stereocenters. The SMILES string of the molecule is CCCC(CCC)CN1CCN(Cc2ccc(C)c(C)c2)CC1C. The highest BCUT2D eigenvalue weighted by molar-refractivity contribution is 5.29. The van der Waals surface area contributed by atoms with E-state index in [1.54, 1.807) is 0 Å². The molecule has 1 aromatic carbocycles. The maximum absolute atomic E-state index is 2.74. The van der Waals surface area contributed by atoms with Crippen LogP contribution in [0.4, 0.5) is 0 Å². The van der Waals surface area contributed by atoms with Gasteiger partial charge in [-0.05, 0) is 56.2 Å². The van der Waals surface area contributed by atoms with Crippen molar-refractivity contribution in [2.24, 2.45) is 5.92 Å². The molecule has 0 N–H and O–H groups in total. The van der Waals surface area contributed by atoms with Gasteiger partial charge < -0.3 is 0 Å². The molecule has 2 nitrogen and oxygen atoms in total. The molecule has 1 unspecified atom stereocenters. The molecule has 0 bridgehead atoms. The molecule has 0 amide bonds. The Labute approximate surface area is 150 Å². The average molecular weight is 331 g/mol. The molecule has 0 saturated carbocycles. The van der Waals surface area contributed by atoms with E-state index in [0.29, 0.717) is 6.04 Å². The fourth-order valence-electron chi connectivity index (χ4n) is 4.12. The van der Waals surface area contributed by atoms with Crippen LogP contribution in [0.2, 0.25) is 0 Å². The number of hydrogen-bond acceptors (Lipinski definition) is 2. The lowest BCUT2D eigenvalue weighted by atomic mass is 9.96. The summed E-state index contributed by atoms with van der Waals surface area (Å²) in [5.74, 6) is 0.897. The Balaban J connectivity index is 1.86. The quantitative estimate of drug-likeness (QED) is 0.660. The lowest BCUT2D eigenvalue weighted by Crippen LogP contribution is -2.52. The van der Waals surface area contributed by atoms with E-state index in [2.05, 4.69) is 62.6 Å². The van der Waals surface area contributed by atoms with E-state index >= 15 is 0 Å². The third kappa shape index (κ3) is 5.60. The van der Waals surface area contributed by atoms with E-state index in [1.807, 2.05) is 0 Å². The zero-order valence-electron chi connectivity index (χ0n) is 16.6. The van der Waals surface area contributed by atoms with Crippen LogP contribution < -0.4 is 0 Å². The third-order valence-corrected chi connectivity index (χ3v) is 5.71. The molecular formula is C22H38N2. The first-order chi connectivity index (χ1) is 11.5. The third-order valence-electron chi connectivity index (χ3n) is 5.71. The van der Waals surface area contributed by atoms with Crippen LogP contribution in [0.1, 0.15) is 63.1 Å². The largest absolute Gasteiger partial charge is 0.298 e. The standard InChI is InChI=1S/C22H38N2/c1-6-8-21(9-7-2)17-24-13-12-23(15-20(24)5)16-22-11-10-18(3)19(4)14-22/h10-11,14,20-21H,6-9,12-13,15-17H2,1-5H3. The molecule has 136 valence electrons. The van der Waals surface area contributed by atoms with Crippen molar-refractivity contribution in [2.75, 3.05) is 26.2 Å². The zero-order chi connectivity index (χ0) is 17.5. The second-order valence-electron chi connectivity index (χ2n) is 7.94. The van der Waals surface area contributed by atoms with Crippen molar-refractivity contribution < 1.29 is 0 Å². The summed E-state index contributed by atoms with van der Waals surface area (Å²) >= 11 is 0. The van der Waals surface area contributed by atoms with Gasteiger partial charge in [0.25, 0.3) is 0 Å². The number of hydrogen-bond donors (Lipinski definition) is 0. The van der Waals surface area contributed by atoms with Gasteiger partial charge in [-0.15, -0.1) is 0 Å². The Morgan fingerprint density at radius 1 is 1.04 bits per heavy atom. The molecule has 2 rings (SSSR count). The molecule has 1 aromatic rings. The van der Waals surface area contributed by atoms with Crippen LogP contribution in [0.25, 0.3) is 0 Å². The molecule has 0 aromatic heterocycles. The maximum Gasteiger partial charge on any atom is 0.0235 e. The number of rotatable bonds is 8. The van der Waals surface area contributed by atoms with Crippen LogP contribution in [0.15, 0.2) is 18.2 Å². The van der Waals surface area contributed by atoms with Crippen LogP contribution in [-0.2, 0) is 6.54 Å². The fraction of sp³-hybridized carbons (Fsp3) is 0.727. The van der Waals surface area contributed by atoms with Gasteiger partial charge in [0.1, 0.15) is 0 Å². The molecule has 0 spiro atoms. The lowest BCUT2D eigenvalue weighted by Gasteiger charge is -2.41. The average Bonchev–Trinajstić information content (AvgIpc) is 2.54. The number of piperazine rings is 1. The van der Waals surface area contributed by atoms with Gasteiger partial charge in [-0.2, -0.15) is 0 Å². The van der Waals surface area contributed by atoms with Crippen molar-refractivity contribution in [3.05, 3.63) is 34.9 Å². The molecular weight excluding hydrogens is 292 g/mol. The van der Waals surface area contributed by atoms with Crippen molar-refractivity contribution in [3.63, 3.8) is 0 Å². The summed E-state index contributed by atoms with van der Waals surface area (Å²) in [5.41, 5.74) is 4.28. The highest BCUT2D eigenvalue weighted by Crippen LogP contribution is 2.20. The minimum absolute atomic E-state index is 0.682. The number of nitrogens with zero attached hydrogens (tertiary/aromatic N) is 2. The van der Waals surface area contributed by atoms with Crippen molar-refractivity contribution >= 4 is 0 Å². The summed E-state index contributed by atoms with van der Waals surface area (Å²) in [4.78, 5) is 5.38. The van der Waals surface area contributed by atoms with E-state index in [4.69, 9.17) is 0 Å². The Morgan fingerprint density at radius 3 is 2.33 bits per heavy atom. The van der Waals surface area contributed by atoms with E-state index in [-0.39, 0.29) is 0 Å². The first kappa shape index (κ1) is 19.5. The predicted octanol–water partition coefficient (Wildman–Crippen LogP) is 5.03. The van der Waals surface area contributed by atoms with Crippen molar-refractivity contribution in [1.82, 2.24) is 9.80 Å². The molecule has 2 heteroatoms. The summed E-state index contributed by atoms with van der Waals surface area (Å²) in [6, 6.07) is 7.62. The van der Waals surface area contributed by atoms with E-state index in [9.17, 15) is 0 Å². The molecule has 1 aliphatic heterocycles. The Morgan fingerprint density at radius 2 is 1.75 bits per heavy atom. The molecule has 0 aliphatic carbocycles. The second-order valence-corrected chi connectivity index (χ2v) is 7.94. The van der Waals surface area contributed by atoms with Gasteiger partial charge >= 0.3 is 0 Å². The predicted molar refractivity (Wildman–Crippen MR) is 106 cm³/mol. The van der Waals surface area contributed by atoms with Gasteiger partial charge in [0.2, 0.25) is 0 Å². The van der Waals surface area contributed by atoms with Crippen LogP contribution in [0.3, 0.4) is 0 Å². The van der Waals surface area contributed by atoms with E-state index < -0.39 is 0 Å². The zero-order valence-corrected chi connectivity index (χ0v) is 16.6. The molecule has 1 aliphatic rings. The highest BCUT2D eigenvalue weighted by Gasteiger charge is 2.25. The van der Waals surface area contributed by atoms with Gasteiger partial charge in [-0.3, -0.25) is 9.80 Å². The highest BCUT2D eigenvalue weighted by atomic mass is 15.3. The Bertz CT molecular complexity index is 491. The Kier molecular flexibility index (Phi) is 7.77. The first-order valence-electron chi connectivity index (χ1n) is 10.1. The minimum Gasteiger partial charge on any atom is -0.298 e. The Hall–Kier alpha value is -0.860. The molecule has 1 fully saturated rings. The second kappa shape index (κ2) is 9.58. The summed E-state index contributed by atoms with van der Waals surface area (Å²) in [6.07, 6.45) is 5.43. The fourth-order valence-corrected chi connectivity index (χ4v) is 4.12. The summed E-state index contributed by atoms with van der Waals surface area (Å²) < 4.78 is 0. The van der Waals surface area contributed by atoms with E-state index in [0.717, 1.165) is 12.5 Å². The summed E-state index contributed by atoms with van der Waals surface area (Å²) in [5, 5.41) is 0. The van der Waals surface area contributed by atoms with Gasteiger partial charge in [0.05, 0.1) is 0 Å². The molecule has 24 heavy (non-hydrogen) atoms. The van der Waals surface area contributed by atoms with Gasteiger partial charge in [-0.1, -0.05) is 44.9 Å². The van der Waals surface area contributed by atoms with Crippen molar-refractivity contribution in [3.8, 4) is 0 Å². The van der Waals surface area contributed by atoms with Crippen molar-refractivity contribution in [2.45, 2.75) is 72.9 Å². The molecule has 1 heterocycles. The van der Waals surface area contributed by atoms with E-state index in [1.165, 1.54) is 68.6 Å². The molecule has 1 saturated heterocycles. The minimum atomic E-state index is 0.682. The van der Waals surface area contributed by atoms with Gasteiger partial charge in [0, 0.05) is 38.8 Å². The topological polar surface area (TPSA) is 6.48 Å². The van der Waals surface area contributed by atoms with Crippen molar-refractivity contribution in [1.29, 1.82) is 0 Å². The monoisotopic (exact) mass is 330 g/mol. The number of benzene rings is 1. The maximum atomic E-state index is 2.74. The smallest absolute Gasteiger partial charge is 0.0235 e. The van der Waals surface area contributed by atoms with Crippen LogP contribution in [-0.4, -0.2) is 42.0 Å². The van der Waals surface area contributed by atoms with Gasteiger partial charge in [0.15, 0.2) is 0 Å².